The topological polar surface area (TPSA) is 61.4 Å². The number of hydrogen-bond acceptors (Lipinski definition) is 3. The standard InChI is InChI=1S/C16H21N3O2.C2H6/c1-5-8-19(4)16(21)10-15(17-11-20)18-14-7-6-12(2)13(3)9-14;1-2/h5-7,9-11,18H,1,8H2,2-4H3,(H,17,20);1-2H3/b15-10+;. The molecule has 0 saturated carbocycles. The molecule has 5 heteroatoms. The zero-order valence-corrected chi connectivity index (χ0v) is 14.6. The van der Waals surface area contributed by atoms with Crippen LogP contribution in [0.2, 0.25) is 0 Å². The van der Waals surface area contributed by atoms with Crippen LogP contribution in [0, 0.1) is 13.8 Å². The van der Waals surface area contributed by atoms with Crippen molar-refractivity contribution in [2.45, 2.75) is 27.7 Å². The van der Waals surface area contributed by atoms with Crippen LogP contribution in [0.3, 0.4) is 0 Å². The molecule has 0 atom stereocenters. The van der Waals surface area contributed by atoms with Crippen LogP contribution in [0.25, 0.3) is 0 Å². The maximum absolute atomic E-state index is 11.9. The van der Waals surface area contributed by atoms with Crippen LogP contribution in [0.5, 0.6) is 0 Å². The Kier molecular flexibility index (Phi) is 9.83. The van der Waals surface area contributed by atoms with Gasteiger partial charge in [0, 0.05) is 25.4 Å². The summed E-state index contributed by atoms with van der Waals surface area (Å²) >= 11 is 0. The molecule has 0 aliphatic carbocycles. The fraction of sp³-hybridized carbons (Fsp3) is 0.333. The molecule has 0 aliphatic heterocycles. The third-order valence-electron chi connectivity index (χ3n) is 3.05. The number of nitrogens with zero attached hydrogens (tertiary/aromatic N) is 1. The largest absolute Gasteiger partial charge is 0.342 e. The summed E-state index contributed by atoms with van der Waals surface area (Å²) in [6, 6.07) is 5.82. The minimum Gasteiger partial charge on any atom is -0.342 e. The average molecular weight is 317 g/mol. The Balaban J connectivity index is 0.00000232. The lowest BCUT2D eigenvalue weighted by Gasteiger charge is -2.15. The van der Waals surface area contributed by atoms with E-state index in [1.165, 1.54) is 16.5 Å². The Hall–Kier alpha value is -2.56. The second-order valence-electron chi connectivity index (χ2n) is 4.75. The molecule has 1 aromatic carbocycles. The van der Waals surface area contributed by atoms with E-state index in [2.05, 4.69) is 17.2 Å². The number of carbonyl (C=O) groups excluding carboxylic acids is 2. The lowest BCUT2D eigenvalue weighted by atomic mass is 10.1. The Bertz CT molecular complexity index is 565. The van der Waals surface area contributed by atoms with Crippen LogP contribution in [0.4, 0.5) is 5.69 Å². The van der Waals surface area contributed by atoms with Gasteiger partial charge in [-0.3, -0.25) is 9.59 Å². The molecule has 0 heterocycles. The average Bonchev–Trinajstić information content (AvgIpc) is 2.53. The molecule has 0 bridgehead atoms. The highest BCUT2D eigenvalue weighted by Gasteiger charge is 2.07. The highest BCUT2D eigenvalue weighted by Crippen LogP contribution is 2.15. The van der Waals surface area contributed by atoms with Crippen molar-refractivity contribution in [2.24, 2.45) is 0 Å². The molecule has 23 heavy (non-hydrogen) atoms. The van der Waals surface area contributed by atoms with Crippen molar-refractivity contribution in [1.29, 1.82) is 0 Å². The van der Waals surface area contributed by atoms with Crippen LogP contribution >= 0.6 is 0 Å². The summed E-state index contributed by atoms with van der Waals surface area (Å²) < 4.78 is 0. The predicted molar refractivity (Wildman–Crippen MR) is 96.0 cm³/mol. The third-order valence-corrected chi connectivity index (χ3v) is 3.05. The first-order valence-electron chi connectivity index (χ1n) is 7.60. The zero-order chi connectivity index (χ0) is 17.8. The predicted octanol–water partition coefficient (Wildman–Crippen LogP) is 2.97. The normalized spacial score (nSPS) is 10.0. The number of rotatable bonds is 7. The van der Waals surface area contributed by atoms with Gasteiger partial charge in [-0.2, -0.15) is 0 Å². The van der Waals surface area contributed by atoms with Crippen LogP contribution in [0.1, 0.15) is 25.0 Å². The molecule has 0 unspecified atom stereocenters. The van der Waals surface area contributed by atoms with E-state index in [0.29, 0.717) is 18.8 Å². The Morgan fingerprint density at radius 3 is 2.43 bits per heavy atom. The molecular weight excluding hydrogens is 290 g/mol. The monoisotopic (exact) mass is 317 g/mol. The molecule has 2 amide bonds. The van der Waals surface area contributed by atoms with Crippen LogP contribution in [-0.4, -0.2) is 30.8 Å². The molecule has 0 saturated heterocycles. The number of benzene rings is 1. The molecule has 0 aliphatic rings. The number of aryl methyl sites for hydroxylation is 2. The van der Waals surface area contributed by atoms with Gasteiger partial charge in [-0.1, -0.05) is 26.0 Å². The first-order chi connectivity index (χ1) is 11.0. The summed E-state index contributed by atoms with van der Waals surface area (Å²) in [5.74, 6) is 0.102. The summed E-state index contributed by atoms with van der Waals surface area (Å²) in [7, 11) is 1.66. The van der Waals surface area contributed by atoms with Crippen LogP contribution < -0.4 is 10.6 Å². The molecule has 0 fully saturated rings. The van der Waals surface area contributed by atoms with Gasteiger partial charge in [-0.05, 0) is 37.1 Å². The quantitative estimate of drug-likeness (QED) is 0.462. The van der Waals surface area contributed by atoms with Gasteiger partial charge in [0.2, 0.25) is 12.3 Å². The van der Waals surface area contributed by atoms with Gasteiger partial charge in [0.15, 0.2) is 0 Å². The molecular formula is C18H27N3O2. The van der Waals surface area contributed by atoms with Crippen LogP contribution in [-0.2, 0) is 9.59 Å². The van der Waals surface area contributed by atoms with E-state index in [1.807, 2.05) is 45.9 Å². The van der Waals surface area contributed by atoms with E-state index in [-0.39, 0.29) is 5.91 Å². The second kappa shape index (κ2) is 11.1. The maximum Gasteiger partial charge on any atom is 0.250 e. The van der Waals surface area contributed by atoms with Crippen molar-refractivity contribution in [3.05, 3.63) is 53.9 Å². The molecule has 1 rings (SSSR count). The molecule has 5 nitrogen and oxygen atoms in total. The van der Waals surface area contributed by atoms with Gasteiger partial charge < -0.3 is 15.5 Å². The number of nitrogens with one attached hydrogen (secondary N) is 2. The Labute approximate surface area is 139 Å². The minimum absolute atomic E-state index is 0.226. The van der Waals surface area contributed by atoms with E-state index in [9.17, 15) is 9.59 Å². The lowest BCUT2D eigenvalue weighted by molar-refractivity contribution is -0.124. The Morgan fingerprint density at radius 1 is 1.26 bits per heavy atom. The minimum atomic E-state index is -0.226. The number of hydrogen-bond donors (Lipinski definition) is 2. The van der Waals surface area contributed by atoms with E-state index < -0.39 is 0 Å². The fourth-order valence-corrected chi connectivity index (χ4v) is 1.67. The van der Waals surface area contributed by atoms with Crippen molar-refractivity contribution < 1.29 is 9.59 Å². The van der Waals surface area contributed by atoms with Gasteiger partial charge in [-0.25, -0.2) is 0 Å². The summed E-state index contributed by atoms with van der Waals surface area (Å²) in [6.45, 7) is 12.0. The van der Waals surface area contributed by atoms with Gasteiger partial charge in [0.05, 0.1) is 0 Å². The highest BCUT2D eigenvalue weighted by molar-refractivity contribution is 5.89. The van der Waals surface area contributed by atoms with Crippen LogP contribution in [0.15, 0.2) is 42.8 Å². The highest BCUT2D eigenvalue weighted by atomic mass is 16.2. The van der Waals surface area contributed by atoms with Crippen molar-refractivity contribution >= 4 is 18.0 Å². The number of likely N-dealkylation sites (N-methyl/N-ethyl adjacent to an activating group) is 1. The number of amides is 2. The third kappa shape index (κ3) is 7.31. The molecule has 0 aromatic heterocycles. The SMILES string of the molecule is C=CCN(C)C(=O)/C=C(\NC=O)Nc1ccc(C)c(C)c1.CC. The van der Waals surface area contributed by atoms with Crippen molar-refractivity contribution in [2.75, 3.05) is 18.9 Å². The maximum atomic E-state index is 11.9. The van der Waals surface area contributed by atoms with Gasteiger partial charge in [0.1, 0.15) is 5.82 Å². The Morgan fingerprint density at radius 2 is 1.91 bits per heavy atom. The van der Waals surface area contributed by atoms with Gasteiger partial charge >= 0.3 is 0 Å². The summed E-state index contributed by atoms with van der Waals surface area (Å²) in [6.07, 6.45) is 3.50. The smallest absolute Gasteiger partial charge is 0.250 e. The first kappa shape index (κ1) is 20.4. The van der Waals surface area contributed by atoms with E-state index in [0.717, 1.165) is 11.3 Å². The number of anilines is 1. The van der Waals surface area contributed by atoms with Gasteiger partial charge in [0.25, 0.3) is 0 Å². The molecule has 2 N–H and O–H groups in total. The van der Waals surface area contributed by atoms with Crippen molar-refractivity contribution in [3.8, 4) is 0 Å². The fourth-order valence-electron chi connectivity index (χ4n) is 1.67. The summed E-state index contributed by atoms with van der Waals surface area (Å²) in [4.78, 5) is 24.1. The van der Waals surface area contributed by atoms with Crippen molar-refractivity contribution in [3.63, 3.8) is 0 Å². The molecule has 0 radical (unpaired) electrons. The molecule has 126 valence electrons. The van der Waals surface area contributed by atoms with E-state index in [1.54, 1.807) is 13.1 Å². The lowest BCUT2D eigenvalue weighted by Crippen LogP contribution is -2.28. The molecule has 1 aromatic rings. The second-order valence-corrected chi connectivity index (χ2v) is 4.75. The van der Waals surface area contributed by atoms with E-state index >= 15 is 0 Å². The van der Waals surface area contributed by atoms with E-state index in [4.69, 9.17) is 0 Å². The number of carbonyl (C=O) groups is 2. The molecule has 0 spiro atoms. The summed E-state index contributed by atoms with van der Waals surface area (Å²) in [5, 5.41) is 5.51. The van der Waals surface area contributed by atoms with Gasteiger partial charge in [-0.15, -0.1) is 6.58 Å². The zero-order valence-electron chi connectivity index (χ0n) is 14.6. The first-order valence-corrected chi connectivity index (χ1v) is 7.60. The summed E-state index contributed by atoms with van der Waals surface area (Å²) in [5.41, 5.74) is 3.11. The van der Waals surface area contributed by atoms with Crippen molar-refractivity contribution in [1.82, 2.24) is 10.2 Å².